The molecule has 1 aliphatic carbocycles. The van der Waals surface area contributed by atoms with Crippen molar-refractivity contribution in [2.45, 2.75) is 43.9 Å². The van der Waals surface area contributed by atoms with E-state index in [2.05, 4.69) is 32.7 Å². The highest BCUT2D eigenvalue weighted by atomic mass is 16.5. The Balaban J connectivity index is 1.67. The van der Waals surface area contributed by atoms with Gasteiger partial charge in [-0.25, -0.2) is 0 Å². The molecule has 162 valence electrons. The molecule has 1 fully saturated rings. The molecular formula is C24H34N4O2. The number of aliphatic imine (C=N–C) groups is 1. The molecule has 2 N–H and O–H groups in total. The molecule has 0 unspecified atom stereocenters. The van der Waals surface area contributed by atoms with E-state index in [1.165, 1.54) is 24.8 Å². The van der Waals surface area contributed by atoms with Gasteiger partial charge in [0.1, 0.15) is 0 Å². The highest BCUT2D eigenvalue weighted by Gasteiger charge is 2.34. The number of hydrogen-bond acceptors (Lipinski definition) is 4. The molecule has 3 rings (SSSR count). The predicted octanol–water partition coefficient (Wildman–Crippen LogP) is 3.71. The second kappa shape index (κ2) is 10.9. The van der Waals surface area contributed by atoms with E-state index in [9.17, 15) is 0 Å². The van der Waals surface area contributed by atoms with E-state index in [4.69, 9.17) is 9.47 Å². The molecule has 2 aromatic rings. The SMILES string of the molecule is CN=C(NCCc1ccccn1)NCC1(c2ccc(OC)c(OC)c2)CCCCC1. The van der Waals surface area contributed by atoms with Crippen LogP contribution in [0.25, 0.3) is 0 Å². The van der Waals surface area contributed by atoms with Crippen LogP contribution in [0.3, 0.4) is 0 Å². The molecule has 0 amide bonds. The van der Waals surface area contributed by atoms with E-state index in [0.29, 0.717) is 0 Å². The zero-order valence-corrected chi connectivity index (χ0v) is 18.4. The minimum Gasteiger partial charge on any atom is -0.493 e. The topological polar surface area (TPSA) is 67.8 Å². The zero-order chi connectivity index (χ0) is 21.2. The molecule has 0 spiro atoms. The van der Waals surface area contributed by atoms with Gasteiger partial charge >= 0.3 is 0 Å². The van der Waals surface area contributed by atoms with Gasteiger partial charge < -0.3 is 20.1 Å². The molecule has 1 aromatic heterocycles. The van der Waals surface area contributed by atoms with Crippen molar-refractivity contribution in [1.29, 1.82) is 0 Å². The second-order valence-electron chi connectivity index (χ2n) is 7.83. The third-order valence-electron chi connectivity index (χ3n) is 6.02. The third-order valence-corrected chi connectivity index (χ3v) is 6.02. The lowest BCUT2D eigenvalue weighted by Gasteiger charge is -2.38. The first-order chi connectivity index (χ1) is 14.7. The number of rotatable bonds is 8. The first-order valence-corrected chi connectivity index (χ1v) is 10.8. The molecular weight excluding hydrogens is 376 g/mol. The Hall–Kier alpha value is -2.76. The molecule has 6 heteroatoms. The maximum atomic E-state index is 5.57. The summed E-state index contributed by atoms with van der Waals surface area (Å²) in [6.45, 7) is 1.63. The van der Waals surface area contributed by atoms with Gasteiger partial charge in [0.15, 0.2) is 17.5 Å². The predicted molar refractivity (Wildman–Crippen MR) is 122 cm³/mol. The van der Waals surface area contributed by atoms with E-state index in [1.54, 1.807) is 14.2 Å². The molecule has 0 radical (unpaired) electrons. The number of hydrogen-bond donors (Lipinski definition) is 2. The Morgan fingerprint density at radius 1 is 1.03 bits per heavy atom. The van der Waals surface area contributed by atoms with Crippen LogP contribution in [0, 0.1) is 0 Å². The number of guanidine groups is 1. The van der Waals surface area contributed by atoms with Gasteiger partial charge in [0, 0.05) is 43.9 Å². The van der Waals surface area contributed by atoms with Crippen LogP contribution in [0.4, 0.5) is 0 Å². The van der Waals surface area contributed by atoms with Crippen molar-refractivity contribution < 1.29 is 9.47 Å². The summed E-state index contributed by atoms with van der Waals surface area (Å²) in [5.74, 6) is 2.39. The van der Waals surface area contributed by atoms with Crippen molar-refractivity contribution in [3.8, 4) is 11.5 Å². The number of ether oxygens (including phenoxy) is 2. The highest BCUT2D eigenvalue weighted by molar-refractivity contribution is 5.79. The summed E-state index contributed by atoms with van der Waals surface area (Å²) in [5, 5.41) is 7.00. The van der Waals surface area contributed by atoms with Crippen LogP contribution in [-0.2, 0) is 11.8 Å². The van der Waals surface area contributed by atoms with Crippen LogP contribution >= 0.6 is 0 Å². The van der Waals surface area contributed by atoms with Gasteiger partial charge in [-0.15, -0.1) is 0 Å². The van der Waals surface area contributed by atoms with E-state index >= 15 is 0 Å². The number of pyridine rings is 1. The average molecular weight is 411 g/mol. The fraction of sp³-hybridized carbons (Fsp3) is 0.500. The van der Waals surface area contributed by atoms with Crippen LogP contribution in [0.1, 0.15) is 43.4 Å². The average Bonchev–Trinajstić information content (AvgIpc) is 2.82. The number of nitrogens with one attached hydrogen (secondary N) is 2. The summed E-state index contributed by atoms with van der Waals surface area (Å²) in [4.78, 5) is 8.80. The Morgan fingerprint density at radius 2 is 1.83 bits per heavy atom. The summed E-state index contributed by atoms with van der Waals surface area (Å²) in [5.41, 5.74) is 2.45. The van der Waals surface area contributed by atoms with Crippen LogP contribution < -0.4 is 20.1 Å². The first kappa shape index (κ1) is 21.9. The number of nitrogens with zero attached hydrogens (tertiary/aromatic N) is 2. The third kappa shape index (κ3) is 5.43. The lowest BCUT2D eigenvalue weighted by Crippen LogP contribution is -2.47. The van der Waals surface area contributed by atoms with Crippen LogP contribution in [0.2, 0.25) is 0 Å². The van der Waals surface area contributed by atoms with Gasteiger partial charge in [-0.2, -0.15) is 0 Å². The number of methoxy groups -OCH3 is 2. The van der Waals surface area contributed by atoms with Gasteiger partial charge in [-0.1, -0.05) is 31.4 Å². The van der Waals surface area contributed by atoms with E-state index < -0.39 is 0 Å². The minimum atomic E-state index is 0.0659. The van der Waals surface area contributed by atoms with Gasteiger partial charge in [-0.3, -0.25) is 9.98 Å². The first-order valence-electron chi connectivity index (χ1n) is 10.8. The molecule has 1 saturated carbocycles. The van der Waals surface area contributed by atoms with Gasteiger partial charge in [0.25, 0.3) is 0 Å². The Bertz CT molecular complexity index is 817. The van der Waals surface area contributed by atoms with Gasteiger partial charge in [0.2, 0.25) is 0 Å². The number of aromatic nitrogens is 1. The fourth-order valence-corrected chi connectivity index (χ4v) is 4.29. The molecule has 0 saturated heterocycles. The Morgan fingerprint density at radius 3 is 2.50 bits per heavy atom. The molecule has 1 aliphatic rings. The van der Waals surface area contributed by atoms with Crippen molar-refractivity contribution in [1.82, 2.24) is 15.6 Å². The van der Waals surface area contributed by atoms with E-state index in [0.717, 1.165) is 55.5 Å². The van der Waals surface area contributed by atoms with Crippen molar-refractivity contribution >= 4 is 5.96 Å². The summed E-state index contributed by atoms with van der Waals surface area (Å²) >= 11 is 0. The van der Waals surface area contributed by atoms with Crippen molar-refractivity contribution in [2.75, 3.05) is 34.4 Å². The smallest absolute Gasteiger partial charge is 0.191 e. The largest absolute Gasteiger partial charge is 0.493 e. The van der Waals surface area contributed by atoms with Crippen LogP contribution in [0.15, 0.2) is 47.6 Å². The lowest BCUT2D eigenvalue weighted by atomic mass is 9.69. The maximum Gasteiger partial charge on any atom is 0.191 e. The van der Waals surface area contributed by atoms with Gasteiger partial charge in [0.05, 0.1) is 14.2 Å². The quantitative estimate of drug-likeness (QED) is 0.513. The van der Waals surface area contributed by atoms with Crippen molar-refractivity contribution in [2.24, 2.45) is 4.99 Å². The fourth-order valence-electron chi connectivity index (χ4n) is 4.29. The molecule has 1 heterocycles. The van der Waals surface area contributed by atoms with Crippen LogP contribution in [0.5, 0.6) is 11.5 Å². The minimum absolute atomic E-state index is 0.0659. The summed E-state index contributed by atoms with van der Waals surface area (Å²) in [6, 6.07) is 12.4. The van der Waals surface area contributed by atoms with Gasteiger partial charge in [-0.05, 0) is 42.7 Å². The monoisotopic (exact) mass is 410 g/mol. The van der Waals surface area contributed by atoms with Crippen LogP contribution in [-0.4, -0.2) is 45.3 Å². The van der Waals surface area contributed by atoms with E-state index in [-0.39, 0.29) is 5.41 Å². The number of benzene rings is 1. The molecule has 0 atom stereocenters. The Labute approximate surface area is 180 Å². The second-order valence-corrected chi connectivity index (χ2v) is 7.83. The summed E-state index contributed by atoms with van der Waals surface area (Å²) in [7, 11) is 5.19. The molecule has 0 bridgehead atoms. The standard InChI is InChI=1S/C24H34N4O2/c1-25-23(27-16-12-20-9-5-8-15-26-20)28-18-24(13-6-4-7-14-24)19-10-11-21(29-2)22(17-19)30-3/h5,8-11,15,17H,4,6-7,12-14,16,18H2,1-3H3,(H2,25,27,28). The molecule has 6 nitrogen and oxygen atoms in total. The zero-order valence-electron chi connectivity index (χ0n) is 18.4. The van der Waals surface area contributed by atoms with Crippen molar-refractivity contribution in [3.05, 3.63) is 53.9 Å². The summed E-state index contributed by atoms with van der Waals surface area (Å²) in [6.07, 6.45) is 8.77. The van der Waals surface area contributed by atoms with Crippen molar-refractivity contribution in [3.63, 3.8) is 0 Å². The molecule has 1 aromatic carbocycles. The maximum absolute atomic E-state index is 5.57. The highest BCUT2D eigenvalue weighted by Crippen LogP contribution is 2.42. The summed E-state index contributed by atoms with van der Waals surface area (Å²) < 4.78 is 11.0. The van der Waals surface area contributed by atoms with E-state index in [1.807, 2.05) is 37.5 Å². The lowest BCUT2D eigenvalue weighted by molar-refractivity contribution is 0.288. The molecule has 30 heavy (non-hydrogen) atoms. The molecule has 0 aliphatic heterocycles. The Kier molecular flexibility index (Phi) is 7.94. The normalized spacial score (nSPS) is 16.0.